The van der Waals surface area contributed by atoms with Crippen molar-refractivity contribution in [2.24, 2.45) is 0 Å². The van der Waals surface area contributed by atoms with Gasteiger partial charge in [-0.05, 0) is 17.5 Å². The molecular formula is C12H13NO2S. The highest BCUT2D eigenvalue weighted by Crippen LogP contribution is 2.24. The van der Waals surface area contributed by atoms with Crippen molar-refractivity contribution >= 4 is 27.3 Å². The molecule has 0 radical (unpaired) electrons. The number of amides is 1. The molecule has 1 amide bonds. The summed E-state index contributed by atoms with van der Waals surface area (Å²) >= 11 is 1.51. The maximum Gasteiger partial charge on any atom is 0.261 e. The van der Waals surface area contributed by atoms with Gasteiger partial charge in [0.15, 0.2) is 0 Å². The summed E-state index contributed by atoms with van der Waals surface area (Å²) < 4.78 is 6.01. The van der Waals surface area contributed by atoms with Gasteiger partial charge in [0.25, 0.3) is 5.91 Å². The number of hydrogen-bond acceptors (Lipinski definition) is 3. The molecule has 1 heterocycles. The van der Waals surface area contributed by atoms with Crippen LogP contribution in [0.3, 0.4) is 0 Å². The monoisotopic (exact) mass is 235 g/mol. The molecule has 0 bridgehead atoms. The number of thiophene rings is 1. The second kappa shape index (κ2) is 5.09. The van der Waals surface area contributed by atoms with Gasteiger partial charge in [0.2, 0.25) is 0 Å². The summed E-state index contributed by atoms with van der Waals surface area (Å²) in [5.74, 6) is -0.0294. The van der Waals surface area contributed by atoms with E-state index in [1.54, 1.807) is 7.11 Å². The van der Waals surface area contributed by atoms with Crippen LogP contribution in [-0.2, 0) is 4.74 Å². The van der Waals surface area contributed by atoms with E-state index in [9.17, 15) is 4.79 Å². The Morgan fingerprint density at radius 1 is 1.44 bits per heavy atom. The molecule has 1 N–H and O–H groups in total. The lowest BCUT2D eigenvalue weighted by atomic mass is 10.2. The van der Waals surface area contributed by atoms with Crippen molar-refractivity contribution in [1.82, 2.24) is 5.32 Å². The van der Waals surface area contributed by atoms with Gasteiger partial charge in [0.05, 0.1) is 11.5 Å². The Morgan fingerprint density at radius 2 is 2.25 bits per heavy atom. The number of methoxy groups -OCH3 is 1. The van der Waals surface area contributed by atoms with E-state index in [0.717, 1.165) is 15.0 Å². The number of rotatable bonds is 4. The van der Waals surface area contributed by atoms with E-state index in [0.29, 0.717) is 13.2 Å². The van der Waals surface area contributed by atoms with Crippen molar-refractivity contribution in [3.05, 3.63) is 35.2 Å². The zero-order valence-corrected chi connectivity index (χ0v) is 9.84. The summed E-state index contributed by atoms with van der Waals surface area (Å²) in [6.45, 7) is 1.08. The van der Waals surface area contributed by atoms with Gasteiger partial charge in [-0.25, -0.2) is 0 Å². The predicted molar refractivity (Wildman–Crippen MR) is 66.0 cm³/mol. The largest absolute Gasteiger partial charge is 0.383 e. The summed E-state index contributed by atoms with van der Waals surface area (Å²) in [5, 5.41) is 3.92. The number of carbonyl (C=O) groups is 1. The van der Waals surface area contributed by atoms with Crippen LogP contribution >= 0.6 is 11.3 Å². The minimum absolute atomic E-state index is 0.0294. The second-order valence-corrected chi connectivity index (χ2v) is 4.48. The SMILES string of the molecule is COCCNC(=O)c1cc2ccccc2s1. The molecule has 1 aromatic carbocycles. The van der Waals surface area contributed by atoms with Crippen molar-refractivity contribution in [2.75, 3.05) is 20.3 Å². The van der Waals surface area contributed by atoms with Crippen molar-refractivity contribution in [2.45, 2.75) is 0 Å². The molecule has 0 atom stereocenters. The summed E-state index contributed by atoms with van der Waals surface area (Å²) in [4.78, 5) is 12.5. The van der Waals surface area contributed by atoms with Crippen LogP contribution in [0.4, 0.5) is 0 Å². The molecule has 0 fully saturated rings. The maximum absolute atomic E-state index is 11.7. The van der Waals surface area contributed by atoms with Gasteiger partial charge in [0, 0.05) is 18.4 Å². The number of hydrogen-bond donors (Lipinski definition) is 1. The average molecular weight is 235 g/mol. The molecule has 3 nitrogen and oxygen atoms in total. The molecule has 4 heteroatoms. The minimum atomic E-state index is -0.0294. The molecule has 0 aliphatic carbocycles. The van der Waals surface area contributed by atoms with Crippen molar-refractivity contribution in [1.29, 1.82) is 0 Å². The van der Waals surface area contributed by atoms with E-state index < -0.39 is 0 Å². The number of carbonyl (C=O) groups excluding carboxylic acids is 1. The third-order valence-corrected chi connectivity index (χ3v) is 3.36. The summed E-state index contributed by atoms with van der Waals surface area (Å²) in [7, 11) is 1.62. The third kappa shape index (κ3) is 2.40. The first-order valence-electron chi connectivity index (χ1n) is 5.07. The molecule has 0 saturated heterocycles. The Balaban J connectivity index is 2.11. The molecule has 84 valence electrons. The molecule has 2 rings (SSSR count). The lowest BCUT2D eigenvalue weighted by Gasteiger charge is -2.01. The topological polar surface area (TPSA) is 38.3 Å². The molecule has 0 spiro atoms. The lowest BCUT2D eigenvalue weighted by Crippen LogP contribution is -2.26. The number of ether oxygens (including phenoxy) is 1. The first-order chi connectivity index (χ1) is 7.81. The average Bonchev–Trinajstić information content (AvgIpc) is 2.73. The van der Waals surface area contributed by atoms with Crippen LogP contribution in [0.25, 0.3) is 10.1 Å². The summed E-state index contributed by atoms with van der Waals surface area (Å²) in [6.07, 6.45) is 0. The van der Waals surface area contributed by atoms with Gasteiger partial charge in [-0.15, -0.1) is 11.3 Å². The van der Waals surface area contributed by atoms with Crippen LogP contribution in [0.15, 0.2) is 30.3 Å². The molecular weight excluding hydrogens is 222 g/mol. The Hall–Kier alpha value is -1.39. The van der Waals surface area contributed by atoms with E-state index >= 15 is 0 Å². The quantitative estimate of drug-likeness (QED) is 0.826. The second-order valence-electron chi connectivity index (χ2n) is 3.40. The number of benzene rings is 1. The van der Waals surface area contributed by atoms with Crippen molar-refractivity contribution < 1.29 is 9.53 Å². The van der Waals surface area contributed by atoms with Crippen LogP contribution in [-0.4, -0.2) is 26.2 Å². The van der Waals surface area contributed by atoms with E-state index in [-0.39, 0.29) is 5.91 Å². The summed E-state index contributed by atoms with van der Waals surface area (Å²) in [5.41, 5.74) is 0. The number of nitrogens with one attached hydrogen (secondary N) is 1. The third-order valence-electron chi connectivity index (χ3n) is 2.24. The van der Waals surface area contributed by atoms with E-state index in [1.165, 1.54) is 11.3 Å². The maximum atomic E-state index is 11.7. The van der Waals surface area contributed by atoms with E-state index in [4.69, 9.17) is 4.74 Å². The van der Waals surface area contributed by atoms with Crippen LogP contribution < -0.4 is 5.32 Å². The van der Waals surface area contributed by atoms with Gasteiger partial charge in [-0.1, -0.05) is 18.2 Å². The normalized spacial score (nSPS) is 10.6. The fourth-order valence-corrected chi connectivity index (χ4v) is 2.43. The fourth-order valence-electron chi connectivity index (χ4n) is 1.45. The predicted octanol–water partition coefficient (Wildman–Crippen LogP) is 2.28. The van der Waals surface area contributed by atoms with Gasteiger partial charge in [0.1, 0.15) is 0 Å². The highest BCUT2D eigenvalue weighted by Gasteiger charge is 2.08. The first-order valence-corrected chi connectivity index (χ1v) is 5.88. The van der Waals surface area contributed by atoms with E-state index in [1.807, 2.05) is 30.3 Å². The van der Waals surface area contributed by atoms with Crippen LogP contribution in [0.1, 0.15) is 9.67 Å². The van der Waals surface area contributed by atoms with E-state index in [2.05, 4.69) is 5.32 Å². The fraction of sp³-hybridized carbons (Fsp3) is 0.250. The molecule has 1 aromatic heterocycles. The van der Waals surface area contributed by atoms with Gasteiger partial charge in [-0.2, -0.15) is 0 Å². The Kier molecular flexibility index (Phi) is 3.54. The minimum Gasteiger partial charge on any atom is -0.383 e. The molecule has 2 aromatic rings. The van der Waals surface area contributed by atoms with Gasteiger partial charge in [-0.3, -0.25) is 4.79 Å². The molecule has 0 saturated carbocycles. The highest BCUT2D eigenvalue weighted by molar-refractivity contribution is 7.20. The molecule has 0 aliphatic heterocycles. The van der Waals surface area contributed by atoms with Crippen LogP contribution in [0.2, 0.25) is 0 Å². The smallest absolute Gasteiger partial charge is 0.261 e. The van der Waals surface area contributed by atoms with Crippen molar-refractivity contribution in [3.63, 3.8) is 0 Å². The van der Waals surface area contributed by atoms with Crippen LogP contribution in [0.5, 0.6) is 0 Å². The standard InChI is InChI=1S/C12H13NO2S/c1-15-7-6-13-12(14)11-8-9-4-2-3-5-10(9)16-11/h2-5,8H,6-7H2,1H3,(H,13,14). The zero-order valence-electron chi connectivity index (χ0n) is 9.03. The Morgan fingerprint density at radius 3 is 3.00 bits per heavy atom. The van der Waals surface area contributed by atoms with Crippen LogP contribution in [0, 0.1) is 0 Å². The van der Waals surface area contributed by atoms with Crippen molar-refractivity contribution in [3.8, 4) is 0 Å². The molecule has 0 unspecified atom stereocenters. The number of fused-ring (bicyclic) bond motifs is 1. The lowest BCUT2D eigenvalue weighted by molar-refractivity contribution is 0.0941. The zero-order chi connectivity index (χ0) is 11.4. The molecule has 16 heavy (non-hydrogen) atoms. The van der Waals surface area contributed by atoms with Gasteiger partial charge >= 0.3 is 0 Å². The molecule has 0 aliphatic rings. The first kappa shape index (κ1) is 11.1. The Labute approximate surface area is 98.0 Å². The van der Waals surface area contributed by atoms with Gasteiger partial charge < -0.3 is 10.1 Å². The summed E-state index contributed by atoms with van der Waals surface area (Å²) in [6, 6.07) is 9.90. The Bertz CT molecular complexity index is 459. The highest BCUT2D eigenvalue weighted by atomic mass is 32.1.